The lowest BCUT2D eigenvalue weighted by Crippen LogP contribution is -2.43. The quantitative estimate of drug-likeness (QED) is 0.632. The Morgan fingerprint density at radius 3 is 2.38 bits per heavy atom. The van der Waals surface area contributed by atoms with E-state index in [-0.39, 0.29) is 0 Å². The molecule has 2 heteroatoms. The minimum absolute atomic E-state index is 0.336. The Morgan fingerprint density at radius 2 is 1.81 bits per heavy atom. The third-order valence-electron chi connectivity index (χ3n) is 4.24. The Hall–Kier alpha value is -1.02. The van der Waals surface area contributed by atoms with Crippen molar-refractivity contribution in [2.24, 2.45) is 5.41 Å². The summed E-state index contributed by atoms with van der Waals surface area (Å²) in [6, 6.07) is 8.74. The van der Waals surface area contributed by atoms with Gasteiger partial charge in [-0.2, -0.15) is 0 Å². The van der Waals surface area contributed by atoms with Crippen LogP contribution >= 0.6 is 0 Å². The van der Waals surface area contributed by atoms with Crippen LogP contribution in [0.2, 0.25) is 0 Å². The Bertz CT molecular complexity index is 402. The molecule has 1 N–H and O–H groups in total. The summed E-state index contributed by atoms with van der Waals surface area (Å²) in [5.74, 6) is 0. The minimum Gasteiger partial charge on any atom is -0.371 e. The van der Waals surface area contributed by atoms with Crippen LogP contribution in [0.5, 0.6) is 0 Å². The molecule has 0 saturated heterocycles. The molecule has 1 rings (SSSR count). The first-order valence-electron chi connectivity index (χ1n) is 8.57. The van der Waals surface area contributed by atoms with Crippen molar-refractivity contribution in [2.75, 3.05) is 31.1 Å². The van der Waals surface area contributed by atoms with Crippen molar-refractivity contribution in [2.45, 2.75) is 53.9 Å². The molecule has 21 heavy (non-hydrogen) atoms. The van der Waals surface area contributed by atoms with Crippen molar-refractivity contribution >= 4 is 5.69 Å². The zero-order valence-corrected chi connectivity index (χ0v) is 14.7. The maximum absolute atomic E-state index is 3.63. The standard InChI is InChI=1S/C19H34N2/c1-6-13-19(5,15-20-14-7-2)16-21(8-3)18-12-10-9-11-17(18)4/h9-12,20H,6-8,13-16H2,1-5H3. The molecule has 0 aliphatic rings. The van der Waals surface area contributed by atoms with Gasteiger partial charge in [-0.15, -0.1) is 0 Å². The van der Waals surface area contributed by atoms with Crippen LogP contribution in [-0.2, 0) is 0 Å². The number of nitrogens with one attached hydrogen (secondary N) is 1. The number of hydrogen-bond acceptors (Lipinski definition) is 2. The van der Waals surface area contributed by atoms with E-state index in [0.29, 0.717) is 5.41 Å². The molecular weight excluding hydrogens is 256 g/mol. The lowest BCUT2D eigenvalue weighted by molar-refractivity contribution is 0.281. The molecule has 0 heterocycles. The highest BCUT2D eigenvalue weighted by Crippen LogP contribution is 2.28. The maximum atomic E-state index is 3.63. The average Bonchev–Trinajstić information content (AvgIpc) is 2.46. The highest BCUT2D eigenvalue weighted by Gasteiger charge is 2.26. The third-order valence-corrected chi connectivity index (χ3v) is 4.24. The zero-order chi connectivity index (χ0) is 15.7. The second-order valence-corrected chi connectivity index (χ2v) is 6.54. The fraction of sp³-hybridized carbons (Fsp3) is 0.684. The Morgan fingerprint density at radius 1 is 1.10 bits per heavy atom. The fourth-order valence-corrected chi connectivity index (χ4v) is 3.14. The van der Waals surface area contributed by atoms with Crippen molar-refractivity contribution < 1.29 is 0 Å². The molecule has 1 atom stereocenters. The Labute approximate surface area is 131 Å². The first-order valence-corrected chi connectivity index (χ1v) is 8.57. The van der Waals surface area contributed by atoms with Crippen LogP contribution in [0, 0.1) is 12.3 Å². The maximum Gasteiger partial charge on any atom is 0.0396 e. The van der Waals surface area contributed by atoms with Gasteiger partial charge >= 0.3 is 0 Å². The van der Waals surface area contributed by atoms with Gasteiger partial charge in [0, 0.05) is 25.3 Å². The van der Waals surface area contributed by atoms with Crippen molar-refractivity contribution in [3.8, 4) is 0 Å². The van der Waals surface area contributed by atoms with E-state index < -0.39 is 0 Å². The molecular formula is C19H34N2. The number of aryl methyl sites for hydroxylation is 1. The topological polar surface area (TPSA) is 15.3 Å². The van der Waals surface area contributed by atoms with Gasteiger partial charge in [0.15, 0.2) is 0 Å². The number of benzene rings is 1. The molecule has 120 valence electrons. The molecule has 0 fully saturated rings. The second-order valence-electron chi connectivity index (χ2n) is 6.54. The van der Waals surface area contributed by atoms with E-state index in [2.05, 4.69) is 69.1 Å². The van der Waals surface area contributed by atoms with Crippen molar-refractivity contribution in [3.05, 3.63) is 29.8 Å². The van der Waals surface area contributed by atoms with Crippen molar-refractivity contribution in [3.63, 3.8) is 0 Å². The first kappa shape index (κ1) is 18.0. The smallest absolute Gasteiger partial charge is 0.0396 e. The monoisotopic (exact) mass is 290 g/mol. The van der Waals surface area contributed by atoms with Gasteiger partial charge in [-0.05, 0) is 50.3 Å². The molecule has 1 unspecified atom stereocenters. The molecule has 0 bridgehead atoms. The zero-order valence-electron chi connectivity index (χ0n) is 14.7. The summed E-state index contributed by atoms with van der Waals surface area (Å²) in [6.45, 7) is 15.9. The van der Waals surface area contributed by atoms with E-state index >= 15 is 0 Å². The molecule has 2 nitrogen and oxygen atoms in total. The van der Waals surface area contributed by atoms with E-state index in [4.69, 9.17) is 0 Å². The van der Waals surface area contributed by atoms with Crippen LogP contribution in [-0.4, -0.2) is 26.2 Å². The largest absolute Gasteiger partial charge is 0.371 e. The lowest BCUT2D eigenvalue weighted by atomic mass is 9.84. The first-order chi connectivity index (χ1) is 10.1. The highest BCUT2D eigenvalue weighted by molar-refractivity contribution is 5.53. The SMILES string of the molecule is CCCNCC(C)(CCC)CN(CC)c1ccccc1C. The number of para-hydroxylation sites is 1. The highest BCUT2D eigenvalue weighted by atomic mass is 15.1. The molecule has 0 aliphatic heterocycles. The van der Waals surface area contributed by atoms with E-state index in [9.17, 15) is 0 Å². The molecule has 1 aromatic carbocycles. The van der Waals surface area contributed by atoms with Crippen LogP contribution in [0.25, 0.3) is 0 Å². The Balaban J connectivity index is 2.81. The summed E-state index contributed by atoms with van der Waals surface area (Å²) in [7, 11) is 0. The summed E-state index contributed by atoms with van der Waals surface area (Å²) in [6.07, 6.45) is 3.72. The van der Waals surface area contributed by atoms with Crippen LogP contribution in [0.1, 0.15) is 52.5 Å². The predicted octanol–water partition coefficient (Wildman–Crippen LogP) is 4.63. The van der Waals surface area contributed by atoms with Gasteiger partial charge in [0.2, 0.25) is 0 Å². The summed E-state index contributed by atoms with van der Waals surface area (Å²) in [5.41, 5.74) is 3.10. The van der Waals surface area contributed by atoms with Gasteiger partial charge in [-0.3, -0.25) is 0 Å². The number of nitrogens with zero attached hydrogens (tertiary/aromatic N) is 1. The summed E-state index contributed by atoms with van der Waals surface area (Å²) in [5, 5.41) is 3.63. The summed E-state index contributed by atoms with van der Waals surface area (Å²) >= 11 is 0. The van der Waals surface area contributed by atoms with Crippen LogP contribution in [0.3, 0.4) is 0 Å². The van der Waals surface area contributed by atoms with Crippen LogP contribution in [0.15, 0.2) is 24.3 Å². The van der Waals surface area contributed by atoms with E-state index in [0.717, 1.165) is 26.2 Å². The number of rotatable bonds is 10. The summed E-state index contributed by atoms with van der Waals surface area (Å²) < 4.78 is 0. The van der Waals surface area contributed by atoms with Gasteiger partial charge in [0.05, 0.1) is 0 Å². The normalized spacial score (nSPS) is 14.0. The minimum atomic E-state index is 0.336. The van der Waals surface area contributed by atoms with Crippen molar-refractivity contribution in [1.82, 2.24) is 5.32 Å². The molecule has 0 aromatic heterocycles. The predicted molar refractivity (Wildman–Crippen MR) is 95.2 cm³/mol. The Kier molecular flexibility index (Phi) is 7.81. The van der Waals surface area contributed by atoms with Crippen LogP contribution < -0.4 is 10.2 Å². The molecule has 0 spiro atoms. The fourth-order valence-electron chi connectivity index (χ4n) is 3.14. The molecule has 1 aromatic rings. The van der Waals surface area contributed by atoms with Gasteiger partial charge < -0.3 is 10.2 Å². The van der Waals surface area contributed by atoms with Gasteiger partial charge in [0.25, 0.3) is 0 Å². The van der Waals surface area contributed by atoms with Gasteiger partial charge in [0.1, 0.15) is 0 Å². The molecule has 0 amide bonds. The molecule has 0 radical (unpaired) electrons. The second kappa shape index (κ2) is 9.09. The molecule has 0 saturated carbocycles. The van der Waals surface area contributed by atoms with E-state index in [1.807, 2.05) is 0 Å². The van der Waals surface area contributed by atoms with Gasteiger partial charge in [-0.25, -0.2) is 0 Å². The third kappa shape index (κ3) is 5.70. The van der Waals surface area contributed by atoms with E-state index in [1.165, 1.54) is 30.5 Å². The number of anilines is 1. The number of hydrogen-bond donors (Lipinski definition) is 1. The van der Waals surface area contributed by atoms with Crippen molar-refractivity contribution in [1.29, 1.82) is 0 Å². The van der Waals surface area contributed by atoms with E-state index in [1.54, 1.807) is 0 Å². The van der Waals surface area contributed by atoms with Gasteiger partial charge in [-0.1, -0.05) is 45.4 Å². The summed E-state index contributed by atoms with van der Waals surface area (Å²) in [4.78, 5) is 2.54. The van der Waals surface area contributed by atoms with Crippen LogP contribution in [0.4, 0.5) is 5.69 Å². The molecule has 0 aliphatic carbocycles. The average molecular weight is 290 g/mol. The lowest BCUT2D eigenvalue weighted by Gasteiger charge is -2.37.